The quantitative estimate of drug-likeness (QED) is 0.111. The molecule has 8 rings (SSSR count). The number of nitrogens with one attached hydrogen (secondary N) is 1. The molecule has 4 aliphatic rings. The Hall–Kier alpha value is -4.80. The van der Waals surface area contributed by atoms with Crippen molar-refractivity contribution >= 4 is 27.9 Å². The van der Waals surface area contributed by atoms with Crippen molar-refractivity contribution in [2.24, 2.45) is 46.4 Å². The lowest BCUT2D eigenvalue weighted by Gasteiger charge is -2.45. The molecule has 3 aliphatic heterocycles. The fourth-order valence-corrected chi connectivity index (χ4v) is 11.0. The Morgan fingerprint density at radius 3 is 2.44 bits per heavy atom. The molecule has 10 nitrogen and oxygen atoms in total. The van der Waals surface area contributed by atoms with Crippen LogP contribution in [0.1, 0.15) is 77.7 Å². The third kappa shape index (κ3) is 9.42. The third-order valence-electron chi connectivity index (χ3n) is 15.1. The largest absolute Gasteiger partial charge is 0.497 e. The van der Waals surface area contributed by atoms with E-state index >= 15 is 0 Å². The average Bonchev–Trinajstić information content (AvgIpc) is 3.32. The number of dihydropyridines is 1. The average molecular weight is 841 g/mol. The van der Waals surface area contributed by atoms with E-state index in [-0.39, 0.29) is 23.8 Å². The van der Waals surface area contributed by atoms with E-state index in [4.69, 9.17) is 39.1 Å². The lowest BCUT2D eigenvalue weighted by molar-refractivity contribution is 0.0625. The van der Waals surface area contributed by atoms with E-state index in [2.05, 4.69) is 93.5 Å². The van der Waals surface area contributed by atoms with Gasteiger partial charge in [0.05, 0.1) is 49.8 Å². The number of fused-ring (bicyclic) bond motifs is 3. The molecule has 5 heterocycles. The van der Waals surface area contributed by atoms with E-state index in [0.29, 0.717) is 60.6 Å². The highest BCUT2D eigenvalue weighted by atomic mass is 16.5. The molecule has 330 valence electrons. The Bertz CT molecular complexity index is 2270. The second-order valence-corrected chi connectivity index (χ2v) is 18.4. The minimum atomic E-state index is 0.0409. The van der Waals surface area contributed by atoms with Crippen LogP contribution in [0.5, 0.6) is 17.5 Å². The Morgan fingerprint density at radius 1 is 0.903 bits per heavy atom. The van der Waals surface area contributed by atoms with Crippen LogP contribution in [-0.4, -0.2) is 92.5 Å². The highest BCUT2D eigenvalue weighted by Gasteiger charge is 2.40. The summed E-state index contributed by atoms with van der Waals surface area (Å²) in [5, 5.41) is 16.1. The van der Waals surface area contributed by atoms with Gasteiger partial charge in [-0.05, 0) is 142 Å². The summed E-state index contributed by atoms with van der Waals surface area (Å²) in [6, 6.07) is 16.9. The number of allylic oxidation sites excluding steroid dienone is 2. The molecular formula is C52H68N6O4. The van der Waals surface area contributed by atoms with Crippen molar-refractivity contribution in [3.63, 3.8) is 0 Å². The van der Waals surface area contributed by atoms with Crippen LogP contribution in [0.2, 0.25) is 0 Å². The van der Waals surface area contributed by atoms with Crippen LogP contribution < -0.4 is 19.5 Å². The first-order valence-electron chi connectivity index (χ1n) is 23.3. The predicted octanol–water partition coefficient (Wildman–Crippen LogP) is 9.86. The number of pyridine rings is 1. The van der Waals surface area contributed by atoms with Gasteiger partial charge < -0.3 is 29.2 Å². The Kier molecular flexibility index (Phi) is 14.2. The summed E-state index contributed by atoms with van der Waals surface area (Å²) in [6.45, 7) is 13.6. The third-order valence-corrected chi connectivity index (χ3v) is 15.1. The van der Waals surface area contributed by atoms with Crippen LogP contribution in [0.4, 0.5) is 0 Å². The van der Waals surface area contributed by atoms with E-state index in [1.54, 1.807) is 14.2 Å². The van der Waals surface area contributed by atoms with E-state index in [1.807, 2.05) is 36.7 Å². The molecule has 10 atom stereocenters. The molecule has 0 spiro atoms. The smallest absolute Gasteiger partial charge is 0.241 e. The summed E-state index contributed by atoms with van der Waals surface area (Å²) >= 11 is 0. The maximum atomic E-state index is 6.92. The fraction of sp³-hybridized carbons (Fsp3) is 0.538. The van der Waals surface area contributed by atoms with Gasteiger partial charge >= 0.3 is 0 Å². The summed E-state index contributed by atoms with van der Waals surface area (Å²) < 4.78 is 25.2. The van der Waals surface area contributed by atoms with Gasteiger partial charge in [0, 0.05) is 41.6 Å². The monoisotopic (exact) mass is 841 g/mol. The highest BCUT2D eigenvalue weighted by Crippen LogP contribution is 2.42. The van der Waals surface area contributed by atoms with Gasteiger partial charge in [-0.25, -0.2) is 0 Å². The van der Waals surface area contributed by atoms with Crippen molar-refractivity contribution < 1.29 is 18.9 Å². The standard InChI is InChI=1S/C52H68N6O4/c1-8-33(3)36-21-25-58(5)50(27-36)47(41-20-24-55-49-17-15-39(60-7)29-45(41)49)32-62-52-43-13-11-10-12-42(43)51(56-57-52)61-31-46(34(4)26-37-18-22-53-30-35(37)9-2)40-19-23-54-48-16-14-38(59-6)28-44(40)48/h10-17,19-20,23-24,28-29,33-37,45-47,49-50,53H,8-9,18,21-22,25-27,30-32H2,1-7H3. The van der Waals surface area contributed by atoms with Gasteiger partial charge in [0.1, 0.15) is 11.5 Å². The van der Waals surface area contributed by atoms with Crippen molar-refractivity contribution in [2.45, 2.75) is 84.2 Å². The summed E-state index contributed by atoms with van der Waals surface area (Å²) in [5.41, 5.74) is 3.51. The SMILES string of the molecule is CCC(C)C1CCN(C)C(C(COc2nnc(OCC(c3ccnc4ccc(OC)cc34)C(C)CC3CCNCC3CC)c3ccccc23)C2=CC=NC3C=CC(OC)=CC23)C1. The molecule has 2 saturated heterocycles. The van der Waals surface area contributed by atoms with Crippen molar-refractivity contribution in [2.75, 3.05) is 54.1 Å². The van der Waals surface area contributed by atoms with Gasteiger partial charge in [-0.1, -0.05) is 64.3 Å². The minimum absolute atomic E-state index is 0.0409. The van der Waals surface area contributed by atoms with Crippen molar-refractivity contribution in [1.29, 1.82) is 0 Å². The number of benzene rings is 2. The number of aliphatic imine (C=N–C) groups is 1. The number of rotatable bonds is 17. The number of methoxy groups -OCH3 is 2. The highest BCUT2D eigenvalue weighted by molar-refractivity contribution is 5.90. The molecule has 10 heteroatoms. The van der Waals surface area contributed by atoms with Gasteiger partial charge in [-0.2, -0.15) is 0 Å². The number of hydrogen-bond acceptors (Lipinski definition) is 10. The van der Waals surface area contributed by atoms with Crippen molar-refractivity contribution in [1.82, 2.24) is 25.4 Å². The zero-order chi connectivity index (χ0) is 43.2. The number of aromatic nitrogens is 3. The Balaban J connectivity index is 1.09. The van der Waals surface area contributed by atoms with Gasteiger partial charge in [0.2, 0.25) is 11.8 Å². The van der Waals surface area contributed by atoms with Gasteiger partial charge in [-0.15, -0.1) is 10.2 Å². The van der Waals surface area contributed by atoms with E-state index in [1.165, 1.54) is 36.8 Å². The molecule has 1 aliphatic carbocycles. The van der Waals surface area contributed by atoms with Crippen LogP contribution >= 0.6 is 0 Å². The molecule has 2 aromatic heterocycles. The number of hydrogen-bond donors (Lipinski definition) is 1. The normalized spacial score (nSPS) is 25.9. The summed E-state index contributed by atoms with van der Waals surface area (Å²) in [6.07, 6.45) is 19.6. The molecule has 10 unspecified atom stereocenters. The topological polar surface area (TPSA) is 103 Å². The second kappa shape index (κ2) is 20.1. The van der Waals surface area contributed by atoms with Crippen LogP contribution in [0.3, 0.4) is 0 Å². The van der Waals surface area contributed by atoms with E-state index in [0.717, 1.165) is 65.7 Å². The lowest BCUT2D eigenvalue weighted by atomic mass is 9.71. The predicted molar refractivity (Wildman–Crippen MR) is 250 cm³/mol. The van der Waals surface area contributed by atoms with E-state index < -0.39 is 0 Å². The second-order valence-electron chi connectivity index (χ2n) is 18.4. The summed E-state index contributed by atoms with van der Waals surface area (Å²) in [5.74, 6) is 6.04. The Labute approximate surface area is 369 Å². The van der Waals surface area contributed by atoms with Crippen LogP contribution in [0, 0.1) is 41.4 Å². The molecular weight excluding hydrogens is 773 g/mol. The first-order valence-corrected chi connectivity index (χ1v) is 23.3. The first-order chi connectivity index (χ1) is 30.3. The molecule has 0 radical (unpaired) electrons. The van der Waals surface area contributed by atoms with E-state index in [9.17, 15) is 0 Å². The zero-order valence-corrected chi connectivity index (χ0v) is 38.0. The lowest BCUT2D eigenvalue weighted by Crippen LogP contribution is -2.49. The Morgan fingerprint density at radius 2 is 1.69 bits per heavy atom. The molecule has 2 aromatic carbocycles. The number of ether oxygens (including phenoxy) is 4. The number of nitrogens with zero attached hydrogens (tertiary/aromatic N) is 5. The molecule has 0 amide bonds. The van der Waals surface area contributed by atoms with Gasteiger partial charge in [0.25, 0.3) is 0 Å². The van der Waals surface area contributed by atoms with Crippen molar-refractivity contribution in [3.8, 4) is 17.5 Å². The molecule has 4 aromatic rings. The van der Waals surface area contributed by atoms with Crippen LogP contribution in [0.15, 0.2) is 95.4 Å². The molecule has 0 bridgehead atoms. The van der Waals surface area contributed by atoms with Crippen LogP contribution in [-0.2, 0) is 4.74 Å². The van der Waals surface area contributed by atoms with Crippen molar-refractivity contribution in [3.05, 3.63) is 95.9 Å². The van der Waals surface area contributed by atoms with Gasteiger partial charge in [0.15, 0.2) is 0 Å². The molecule has 0 saturated carbocycles. The minimum Gasteiger partial charge on any atom is -0.497 e. The number of likely N-dealkylation sites (tertiary alicyclic amines) is 1. The number of piperidine rings is 2. The first kappa shape index (κ1) is 43.8. The molecule has 62 heavy (non-hydrogen) atoms. The molecule has 2 fully saturated rings. The zero-order valence-electron chi connectivity index (χ0n) is 38.0. The van der Waals surface area contributed by atoms with Crippen LogP contribution in [0.25, 0.3) is 21.7 Å². The maximum absolute atomic E-state index is 6.92. The fourth-order valence-electron chi connectivity index (χ4n) is 11.0. The molecule has 1 N–H and O–H groups in total. The summed E-state index contributed by atoms with van der Waals surface area (Å²) in [7, 11) is 5.75. The van der Waals surface area contributed by atoms with Gasteiger partial charge in [-0.3, -0.25) is 9.98 Å². The maximum Gasteiger partial charge on any atom is 0.241 e. The summed E-state index contributed by atoms with van der Waals surface area (Å²) in [4.78, 5) is 12.2.